The summed E-state index contributed by atoms with van der Waals surface area (Å²) in [6, 6.07) is 5.77. The molecular weight excluding hydrogens is 449 g/mol. The van der Waals surface area contributed by atoms with E-state index in [-0.39, 0.29) is 29.9 Å². The van der Waals surface area contributed by atoms with Gasteiger partial charge in [0, 0.05) is 37.7 Å². The summed E-state index contributed by atoms with van der Waals surface area (Å²) >= 11 is 0. The van der Waals surface area contributed by atoms with Crippen LogP contribution in [0.1, 0.15) is 32.6 Å². The molecule has 7 nitrogen and oxygen atoms in total. The molecule has 2 rings (SSSR count). The largest absolute Gasteiger partial charge is 0.490 e. The molecule has 0 radical (unpaired) electrons. The third-order valence-corrected chi connectivity index (χ3v) is 3.64. The number of aliphatic imine (C=N–C) groups is 1. The number of unbranched alkanes of at least 4 members (excludes halogenated alkanes) is 1. The quantitative estimate of drug-likeness (QED) is 0.207. The summed E-state index contributed by atoms with van der Waals surface area (Å²) in [6.07, 6.45) is 2.90. The van der Waals surface area contributed by atoms with Crippen LogP contribution in [0.5, 0.6) is 11.5 Å². The number of hydrogen-bond donors (Lipinski definition) is 2. The number of ether oxygens (including phenoxy) is 3. The Labute approximate surface area is 171 Å². The molecule has 146 valence electrons. The molecule has 0 unspecified atom stereocenters. The van der Waals surface area contributed by atoms with Crippen LogP contribution >= 0.6 is 24.0 Å². The number of rotatable bonds is 7. The minimum atomic E-state index is -0.179. The summed E-state index contributed by atoms with van der Waals surface area (Å²) in [5.74, 6) is 2.04. The second-order valence-corrected chi connectivity index (χ2v) is 5.63. The maximum Gasteiger partial charge on any atom is 0.305 e. The topological polar surface area (TPSA) is 81.2 Å². The number of halogens is 1. The first-order valence-electron chi connectivity index (χ1n) is 8.74. The number of benzene rings is 1. The van der Waals surface area contributed by atoms with Gasteiger partial charge in [-0.25, -0.2) is 0 Å². The van der Waals surface area contributed by atoms with Crippen LogP contribution in [0.15, 0.2) is 23.2 Å². The maximum absolute atomic E-state index is 11.1. The van der Waals surface area contributed by atoms with E-state index in [0.717, 1.165) is 43.0 Å². The number of methoxy groups -OCH3 is 1. The molecule has 1 aliphatic heterocycles. The van der Waals surface area contributed by atoms with Gasteiger partial charge in [0.2, 0.25) is 0 Å². The van der Waals surface area contributed by atoms with Crippen LogP contribution < -0.4 is 20.1 Å². The van der Waals surface area contributed by atoms with Crippen LogP contribution in [0.25, 0.3) is 0 Å². The predicted octanol–water partition coefficient (Wildman–Crippen LogP) is 3.19. The van der Waals surface area contributed by atoms with Crippen LogP contribution in [-0.4, -0.2) is 45.3 Å². The molecule has 0 aromatic heterocycles. The number of nitrogens with one attached hydrogen (secondary N) is 2. The van der Waals surface area contributed by atoms with Gasteiger partial charge in [-0.1, -0.05) is 0 Å². The van der Waals surface area contributed by atoms with E-state index in [1.54, 1.807) is 0 Å². The number of hydrogen-bond acceptors (Lipinski definition) is 5. The molecule has 1 aromatic rings. The van der Waals surface area contributed by atoms with Crippen molar-refractivity contribution in [1.29, 1.82) is 0 Å². The van der Waals surface area contributed by atoms with Crippen molar-refractivity contribution in [3.8, 4) is 11.5 Å². The van der Waals surface area contributed by atoms with Gasteiger partial charge in [0.05, 0.1) is 20.3 Å². The lowest BCUT2D eigenvalue weighted by atomic mass is 10.2. The molecule has 0 spiro atoms. The Kier molecular flexibility index (Phi) is 10.8. The van der Waals surface area contributed by atoms with Crippen LogP contribution in [0.3, 0.4) is 0 Å². The zero-order chi connectivity index (χ0) is 17.9. The number of fused-ring (bicyclic) bond motifs is 1. The molecular formula is C18H28IN3O4. The Morgan fingerprint density at radius 1 is 1.23 bits per heavy atom. The minimum Gasteiger partial charge on any atom is -0.490 e. The fourth-order valence-corrected chi connectivity index (χ4v) is 2.36. The zero-order valence-corrected chi connectivity index (χ0v) is 17.7. The monoisotopic (exact) mass is 477 g/mol. The highest BCUT2D eigenvalue weighted by atomic mass is 127. The van der Waals surface area contributed by atoms with E-state index in [9.17, 15) is 4.79 Å². The molecule has 1 aliphatic rings. The van der Waals surface area contributed by atoms with Crippen molar-refractivity contribution >= 4 is 41.6 Å². The van der Waals surface area contributed by atoms with Gasteiger partial charge in [-0.2, -0.15) is 0 Å². The molecule has 0 bridgehead atoms. The highest BCUT2D eigenvalue weighted by Crippen LogP contribution is 2.32. The molecule has 8 heteroatoms. The van der Waals surface area contributed by atoms with E-state index in [1.165, 1.54) is 7.11 Å². The van der Waals surface area contributed by atoms with Gasteiger partial charge < -0.3 is 24.8 Å². The maximum atomic E-state index is 11.1. The number of guanidine groups is 1. The second-order valence-electron chi connectivity index (χ2n) is 5.63. The van der Waals surface area contributed by atoms with Gasteiger partial charge in [-0.05, 0) is 31.9 Å². The molecule has 1 aromatic carbocycles. The fourth-order valence-electron chi connectivity index (χ4n) is 2.36. The van der Waals surface area contributed by atoms with E-state index < -0.39 is 0 Å². The van der Waals surface area contributed by atoms with Crippen molar-refractivity contribution in [1.82, 2.24) is 5.32 Å². The average Bonchev–Trinajstić information content (AvgIpc) is 2.86. The van der Waals surface area contributed by atoms with Gasteiger partial charge in [-0.3, -0.25) is 9.79 Å². The summed E-state index contributed by atoms with van der Waals surface area (Å²) in [5, 5.41) is 6.48. The molecule has 2 N–H and O–H groups in total. The van der Waals surface area contributed by atoms with Crippen molar-refractivity contribution in [2.45, 2.75) is 32.6 Å². The van der Waals surface area contributed by atoms with E-state index in [4.69, 9.17) is 9.47 Å². The summed E-state index contributed by atoms with van der Waals surface area (Å²) in [4.78, 5) is 15.6. The zero-order valence-electron chi connectivity index (χ0n) is 15.4. The van der Waals surface area contributed by atoms with E-state index in [0.29, 0.717) is 32.1 Å². The predicted molar refractivity (Wildman–Crippen MR) is 113 cm³/mol. The minimum absolute atomic E-state index is 0. The number of carbonyl (C=O) groups is 1. The SMILES string of the molecule is CCNC(=NCCCCC(=O)OC)Nc1ccc2c(c1)OCCCO2.I. The Morgan fingerprint density at radius 3 is 2.73 bits per heavy atom. The smallest absolute Gasteiger partial charge is 0.305 e. The van der Waals surface area contributed by atoms with Crippen molar-refractivity contribution in [3.05, 3.63) is 18.2 Å². The third kappa shape index (κ3) is 7.67. The second kappa shape index (κ2) is 12.6. The number of nitrogens with zero attached hydrogens (tertiary/aromatic N) is 1. The van der Waals surface area contributed by atoms with Gasteiger partial charge >= 0.3 is 5.97 Å². The third-order valence-electron chi connectivity index (χ3n) is 3.64. The van der Waals surface area contributed by atoms with Crippen LogP contribution in [-0.2, 0) is 9.53 Å². The first-order valence-corrected chi connectivity index (χ1v) is 8.74. The summed E-state index contributed by atoms with van der Waals surface area (Å²) in [6.45, 7) is 4.75. The normalized spacial score (nSPS) is 13.2. The van der Waals surface area contributed by atoms with E-state index in [1.807, 2.05) is 25.1 Å². The van der Waals surface area contributed by atoms with Gasteiger partial charge in [-0.15, -0.1) is 24.0 Å². The molecule has 26 heavy (non-hydrogen) atoms. The Morgan fingerprint density at radius 2 is 2.00 bits per heavy atom. The lowest BCUT2D eigenvalue weighted by Gasteiger charge is -2.13. The van der Waals surface area contributed by atoms with Crippen molar-refractivity contribution in [2.75, 3.05) is 38.7 Å². The molecule has 1 heterocycles. The van der Waals surface area contributed by atoms with Gasteiger partial charge in [0.1, 0.15) is 0 Å². The highest BCUT2D eigenvalue weighted by molar-refractivity contribution is 14.0. The van der Waals surface area contributed by atoms with Crippen LogP contribution in [0.4, 0.5) is 5.69 Å². The Balaban J connectivity index is 0.00000338. The summed E-state index contributed by atoms with van der Waals surface area (Å²) < 4.78 is 16.0. The van der Waals surface area contributed by atoms with E-state index in [2.05, 4.69) is 20.4 Å². The van der Waals surface area contributed by atoms with E-state index >= 15 is 0 Å². The Bertz CT molecular complexity index is 596. The standard InChI is InChI=1S/C18H27N3O4.HI/c1-3-19-18(20-10-5-4-7-17(22)23-2)21-14-8-9-15-16(13-14)25-12-6-11-24-15;/h8-9,13H,3-7,10-12H2,1-2H3,(H2,19,20,21);1H. The average molecular weight is 477 g/mol. The fraction of sp³-hybridized carbons (Fsp3) is 0.556. The Hall–Kier alpha value is -1.71. The van der Waals surface area contributed by atoms with Crippen molar-refractivity contribution in [3.63, 3.8) is 0 Å². The highest BCUT2D eigenvalue weighted by Gasteiger charge is 2.11. The number of anilines is 1. The molecule has 0 amide bonds. The van der Waals surface area contributed by atoms with Crippen LogP contribution in [0.2, 0.25) is 0 Å². The molecule has 0 fully saturated rings. The van der Waals surface area contributed by atoms with Gasteiger partial charge in [0.15, 0.2) is 17.5 Å². The first-order chi connectivity index (χ1) is 12.2. The lowest BCUT2D eigenvalue weighted by molar-refractivity contribution is -0.140. The van der Waals surface area contributed by atoms with Crippen LogP contribution in [0, 0.1) is 0 Å². The lowest BCUT2D eigenvalue weighted by Crippen LogP contribution is -2.30. The van der Waals surface area contributed by atoms with Crippen molar-refractivity contribution < 1.29 is 19.0 Å². The summed E-state index contributed by atoms with van der Waals surface area (Å²) in [5.41, 5.74) is 0.888. The number of esters is 1. The first kappa shape index (κ1) is 22.3. The molecule has 0 atom stereocenters. The van der Waals surface area contributed by atoms with Crippen molar-refractivity contribution in [2.24, 2.45) is 4.99 Å². The molecule has 0 saturated heterocycles. The molecule has 0 aliphatic carbocycles. The number of carbonyl (C=O) groups excluding carboxylic acids is 1. The summed E-state index contributed by atoms with van der Waals surface area (Å²) in [7, 11) is 1.41. The van der Waals surface area contributed by atoms with Gasteiger partial charge in [0.25, 0.3) is 0 Å². The molecule has 0 saturated carbocycles.